The second-order valence-corrected chi connectivity index (χ2v) is 9.39. The molecule has 0 spiro atoms. The average molecular weight is 362 g/mol. The summed E-state index contributed by atoms with van der Waals surface area (Å²) in [6.45, 7) is 4.34. The molecule has 0 unspecified atom stereocenters. The number of methoxy groups -OCH3 is 1. The van der Waals surface area contributed by atoms with E-state index in [1.165, 1.54) is 16.8 Å². The van der Waals surface area contributed by atoms with E-state index in [-0.39, 0.29) is 11.8 Å². The maximum atomic E-state index is 12.6. The van der Waals surface area contributed by atoms with Crippen LogP contribution in [0, 0.1) is 5.92 Å². The van der Waals surface area contributed by atoms with Gasteiger partial charge in [0, 0.05) is 36.9 Å². The van der Waals surface area contributed by atoms with Crippen molar-refractivity contribution in [3.63, 3.8) is 0 Å². The van der Waals surface area contributed by atoms with Gasteiger partial charge in [-0.25, -0.2) is 8.42 Å². The first-order chi connectivity index (χ1) is 12.0. The van der Waals surface area contributed by atoms with E-state index in [1.54, 1.807) is 18.3 Å². The first-order valence-electron chi connectivity index (χ1n) is 9.17. The SMILES string of the molecule is CCS(=O)(=O)N1CCC[C@@H]2CN3CCc4cc(OC)ccc4C3=C[C@@H]21. The summed E-state index contributed by atoms with van der Waals surface area (Å²) in [5.74, 6) is 1.46. The molecule has 25 heavy (non-hydrogen) atoms. The van der Waals surface area contributed by atoms with Gasteiger partial charge >= 0.3 is 0 Å². The number of ether oxygens (including phenoxy) is 1. The van der Waals surface area contributed by atoms with Crippen LogP contribution in [0.1, 0.15) is 30.9 Å². The molecule has 4 rings (SSSR count). The molecule has 1 aromatic carbocycles. The molecule has 3 heterocycles. The predicted octanol–water partition coefficient (Wildman–Crippen LogP) is 2.34. The van der Waals surface area contributed by atoms with Crippen LogP contribution in [0.25, 0.3) is 5.70 Å². The third kappa shape index (κ3) is 2.85. The topological polar surface area (TPSA) is 49.9 Å². The first kappa shape index (κ1) is 16.9. The molecule has 0 aliphatic carbocycles. The van der Waals surface area contributed by atoms with Crippen molar-refractivity contribution in [3.8, 4) is 5.75 Å². The fraction of sp³-hybridized carbons (Fsp3) is 0.579. The van der Waals surface area contributed by atoms with Gasteiger partial charge in [0.2, 0.25) is 10.0 Å². The van der Waals surface area contributed by atoms with Gasteiger partial charge in [-0.15, -0.1) is 0 Å². The number of benzene rings is 1. The van der Waals surface area contributed by atoms with E-state index < -0.39 is 10.0 Å². The molecule has 6 heteroatoms. The molecule has 3 aliphatic rings. The van der Waals surface area contributed by atoms with Crippen molar-refractivity contribution in [1.29, 1.82) is 0 Å². The summed E-state index contributed by atoms with van der Waals surface area (Å²) in [5, 5.41) is 0. The average Bonchev–Trinajstić information content (AvgIpc) is 2.65. The first-order valence-corrected chi connectivity index (χ1v) is 10.8. The molecule has 0 saturated carbocycles. The van der Waals surface area contributed by atoms with E-state index >= 15 is 0 Å². The normalized spacial score (nSPS) is 26.3. The molecule has 5 nitrogen and oxygen atoms in total. The van der Waals surface area contributed by atoms with Crippen molar-refractivity contribution in [1.82, 2.24) is 9.21 Å². The van der Waals surface area contributed by atoms with E-state index in [0.717, 1.165) is 38.1 Å². The smallest absolute Gasteiger partial charge is 0.214 e. The molecule has 0 N–H and O–H groups in total. The predicted molar refractivity (Wildman–Crippen MR) is 98.9 cm³/mol. The van der Waals surface area contributed by atoms with Gasteiger partial charge in [-0.2, -0.15) is 4.31 Å². The standard InChI is InChI=1S/C19H26N2O3S/c1-3-25(22,23)21-9-4-5-15-13-20-10-8-14-11-16(24-2)6-7-17(14)19(20)12-18(15)21/h6-7,11-12,15,18H,3-5,8-10,13H2,1-2H3/t15-,18+/m1/s1. The molecular formula is C19H26N2O3S. The Morgan fingerprint density at radius 3 is 2.88 bits per heavy atom. The van der Waals surface area contributed by atoms with E-state index in [0.29, 0.717) is 12.5 Å². The summed E-state index contributed by atoms with van der Waals surface area (Å²) in [4.78, 5) is 2.44. The lowest BCUT2D eigenvalue weighted by atomic mass is 9.83. The van der Waals surface area contributed by atoms with E-state index in [9.17, 15) is 8.42 Å². The van der Waals surface area contributed by atoms with Crippen molar-refractivity contribution in [2.75, 3.05) is 32.5 Å². The molecule has 136 valence electrons. The van der Waals surface area contributed by atoms with Crippen LogP contribution < -0.4 is 4.74 Å². The second-order valence-electron chi connectivity index (χ2n) is 7.18. The Hall–Kier alpha value is -1.53. The lowest BCUT2D eigenvalue weighted by Crippen LogP contribution is -2.53. The van der Waals surface area contributed by atoms with Crippen molar-refractivity contribution in [3.05, 3.63) is 35.4 Å². The number of nitrogens with zero attached hydrogens (tertiary/aromatic N) is 2. The highest BCUT2D eigenvalue weighted by Crippen LogP contribution is 2.40. The summed E-state index contributed by atoms with van der Waals surface area (Å²) in [6.07, 6.45) is 5.30. The highest BCUT2D eigenvalue weighted by Gasteiger charge is 2.41. The number of piperidine rings is 1. The molecule has 1 fully saturated rings. The third-order valence-corrected chi connectivity index (χ3v) is 7.72. The summed E-state index contributed by atoms with van der Waals surface area (Å²) in [5.41, 5.74) is 3.72. The van der Waals surface area contributed by atoms with Crippen LogP contribution in [0.15, 0.2) is 24.3 Å². The third-order valence-electron chi connectivity index (χ3n) is 5.85. The zero-order valence-electron chi connectivity index (χ0n) is 14.9. The Labute approximate surface area is 150 Å². The minimum Gasteiger partial charge on any atom is -0.497 e. The molecule has 1 saturated heterocycles. The van der Waals surface area contributed by atoms with Gasteiger partial charge in [0.1, 0.15) is 5.75 Å². The van der Waals surface area contributed by atoms with Crippen molar-refractivity contribution < 1.29 is 13.2 Å². The van der Waals surface area contributed by atoms with Gasteiger partial charge in [-0.1, -0.05) is 0 Å². The Morgan fingerprint density at radius 1 is 1.28 bits per heavy atom. The summed E-state index contributed by atoms with van der Waals surface area (Å²) in [6, 6.07) is 6.23. The highest BCUT2D eigenvalue weighted by atomic mass is 32.2. The summed E-state index contributed by atoms with van der Waals surface area (Å²) < 4.78 is 32.2. The molecule has 3 aliphatic heterocycles. The molecule has 2 atom stereocenters. The quantitative estimate of drug-likeness (QED) is 0.828. The van der Waals surface area contributed by atoms with Crippen LogP contribution in [0.4, 0.5) is 0 Å². The van der Waals surface area contributed by atoms with Crippen LogP contribution in [-0.2, 0) is 16.4 Å². The number of fused-ring (bicyclic) bond motifs is 4. The number of sulfonamides is 1. The van der Waals surface area contributed by atoms with Crippen LogP contribution in [0.3, 0.4) is 0 Å². The summed E-state index contributed by atoms with van der Waals surface area (Å²) in [7, 11) is -1.48. The molecular weight excluding hydrogens is 336 g/mol. The van der Waals surface area contributed by atoms with E-state index in [1.807, 2.05) is 6.07 Å². The molecule has 0 bridgehead atoms. The number of rotatable bonds is 3. The molecule has 1 aromatic rings. The van der Waals surface area contributed by atoms with E-state index in [4.69, 9.17) is 4.74 Å². The minimum atomic E-state index is -3.17. The number of hydrogen-bond acceptors (Lipinski definition) is 4. The fourth-order valence-corrected chi connectivity index (χ4v) is 5.85. The summed E-state index contributed by atoms with van der Waals surface area (Å²) >= 11 is 0. The largest absolute Gasteiger partial charge is 0.497 e. The zero-order valence-corrected chi connectivity index (χ0v) is 15.8. The van der Waals surface area contributed by atoms with Gasteiger partial charge in [-0.3, -0.25) is 0 Å². The lowest BCUT2D eigenvalue weighted by Gasteiger charge is -2.47. The van der Waals surface area contributed by atoms with Gasteiger partial charge in [-0.05, 0) is 61.9 Å². The molecule has 0 radical (unpaired) electrons. The van der Waals surface area contributed by atoms with Crippen LogP contribution >= 0.6 is 0 Å². The monoisotopic (exact) mass is 362 g/mol. The minimum absolute atomic E-state index is 0.00185. The van der Waals surface area contributed by atoms with Crippen molar-refractivity contribution in [2.24, 2.45) is 5.92 Å². The van der Waals surface area contributed by atoms with Gasteiger partial charge in [0.05, 0.1) is 12.9 Å². The Balaban J connectivity index is 1.76. The number of hydrogen-bond donors (Lipinski definition) is 0. The van der Waals surface area contributed by atoms with Crippen molar-refractivity contribution in [2.45, 2.75) is 32.2 Å². The second kappa shape index (κ2) is 6.32. The Morgan fingerprint density at radius 2 is 2.12 bits per heavy atom. The fourth-order valence-electron chi connectivity index (χ4n) is 4.50. The highest BCUT2D eigenvalue weighted by molar-refractivity contribution is 7.89. The van der Waals surface area contributed by atoms with Gasteiger partial charge < -0.3 is 9.64 Å². The molecule has 0 aromatic heterocycles. The van der Waals surface area contributed by atoms with Crippen LogP contribution in [-0.4, -0.2) is 56.2 Å². The van der Waals surface area contributed by atoms with Crippen molar-refractivity contribution >= 4 is 15.7 Å². The van der Waals surface area contributed by atoms with Crippen LogP contribution in [0.2, 0.25) is 0 Å². The maximum Gasteiger partial charge on any atom is 0.214 e. The molecule has 0 amide bonds. The van der Waals surface area contributed by atoms with E-state index in [2.05, 4.69) is 23.1 Å². The lowest BCUT2D eigenvalue weighted by molar-refractivity contribution is 0.160. The Kier molecular flexibility index (Phi) is 4.28. The Bertz CT molecular complexity index is 803. The van der Waals surface area contributed by atoms with Gasteiger partial charge in [0.15, 0.2) is 0 Å². The van der Waals surface area contributed by atoms with Crippen LogP contribution in [0.5, 0.6) is 5.75 Å². The zero-order chi connectivity index (χ0) is 17.6. The van der Waals surface area contributed by atoms with Gasteiger partial charge in [0.25, 0.3) is 0 Å². The maximum absolute atomic E-state index is 12.6.